The van der Waals surface area contributed by atoms with Gasteiger partial charge in [0, 0.05) is 17.0 Å². The Morgan fingerprint density at radius 2 is 2.00 bits per heavy atom. The number of unbranched alkanes of at least 4 members (excludes halogenated alkanes) is 3. The molecule has 19 heavy (non-hydrogen) atoms. The number of thioether (sulfide) groups is 1. The second-order valence-corrected chi connectivity index (χ2v) is 5.11. The van der Waals surface area contributed by atoms with Crippen LogP contribution in [0.1, 0.15) is 32.1 Å². The van der Waals surface area contributed by atoms with Crippen molar-refractivity contribution in [3.05, 3.63) is 24.3 Å². The van der Waals surface area contributed by atoms with Gasteiger partial charge in [0.1, 0.15) is 0 Å². The van der Waals surface area contributed by atoms with Crippen molar-refractivity contribution in [2.75, 3.05) is 18.1 Å². The lowest BCUT2D eigenvalue weighted by molar-refractivity contribution is -0.116. The standard InChI is InChI=1S/C14H22N2OS.ClH/c1-18-13-8-6-7-12(11-13)16-14(17)9-4-2-3-5-10-15;/h6-8,11H,2-5,9-10,15H2,1H3,(H,16,17);1H. The van der Waals surface area contributed by atoms with Crippen LogP contribution in [0.5, 0.6) is 0 Å². The van der Waals surface area contributed by atoms with E-state index in [-0.39, 0.29) is 18.3 Å². The monoisotopic (exact) mass is 302 g/mol. The fraction of sp³-hybridized carbons (Fsp3) is 0.500. The predicted molar refractivity (Wildman–Crippen MR) is 86.2 cm³/mol. The highest BCUT2D eigenvalue weighted by atomic mass is 35.5. The summed E-state index contributed by atoms with van der Waals surface area (Å²) in [6.07, 6.45) is 6.80. The molecule has 5 heteroatoms. The number of carbonyl (C=O) groups excluding carboxylic acids is 1. The zero-order chi connectivity index (χ0) is 13.2. The van der Waals surface area contributed by atoms with Gasteiger partial charge in [0.15, 0.2) is 0 Å². The van der Waals surface area contributed by atoms with Gasteiger partial charge in [-0.3, -0.25) is 4.79 Å². The van der Waals surface area contributed by atoms with Crippen LogP contribution in [0.3, 0.4) is 0 Å². The number of halogens is 1. The summed E-state index contributed by atoms with van der Waals surface area (Å²) in [5.74, 6) is 0.0981. The zero-order valence-corrected chi connectivity index (χ0v) is 13.0. The summed E-state index contributed by atoms with van der Waals surface area (Å²) in [5, 5.41) is 2.93. The van der Waals surface area contributed by atoms with Crippen molar-refractivity contribution < 1.29 is 4.79 Å². The van der Waals surface area contributed by atoms with Crippen LogP contribution in [0.25, 0.3) is 0 Å². The van der Waals surface area contributed by atoms with Crippen molar-refractivity contribution in [3.8, 4) is 0 Å². The Labute approximate surface area is 126 Å². The van der Waals surface area contributed by atoms with Crippen LogP contribution < -0.4 is 11.1 Å². The van der Waals surface area contributed by atoms with Gasteiger partial charge in [0.05, 0.1) is 0 Å². The fourth-order valence-electron chi connectivity index (χ4n) is 1.71. The summed E-state index contributed by atoms with van der Waals surface area (Å²) < 4.78 is 0. The lowest BCUT2D eigenvalue weighted by Crippen LogP contribution is -2.11. The van der Waals surface area contributed by atoms with E-state index in [1.807, 2.05) is 30.5 Å². The molecule has 1 rings (SSSR count). The molecule has 108 valence electrons. The maximum absolute atomic E-state index is 11.7. The molecule has 0 aliphatic rings. The first-order valence-corrected chi connectivity index (χ1v) is 7.62. The molecule has 0 saturated carbocycles. The van der Waals surface area contributed by atoms with Gasteiger partial charge in [-0.2, -0.15) is 0 Å². The van der Waals surface area contributed by atoms with E-state index in [4.69, 9.17) is 5.73 Å². The number of hydrogen-bond donors (Lipinski definition) is 2. The Balaban J connectivity index is 0.00000324. The first-order valence-electron chi connectivity index (χ1n) is 6.40. The summed E-state index contributed by atoms with van der Waals surface area (Å²) >= 11 is 1.67. The molecular weight excluding hydrogens is 280 g/mol. The maximum Gasteiger partial charge on any atom is 0.224 e. The van der Waals surface area contributed by atoms with E-state index >= 15 is 0 Å². The van der Waals surface area contributed by atoms with Gasteiger partial charge in [-0.1, -0.05) is 18.9 Å². The molecule has 0 spiro atoms. The third-order valence-corrected chi connectivity index (χ3v) is 3.44. The molecule has 0 aromatic heterocycles. The number of anilines is 1. The fourth-order valence-corrected chi connectivity index (χ4v) is 2.17. The lowest BCUT2D eigenvalue weighted by atomic mass is 10.1. The molecule has 0 bridgehead atoms. The van der Waals surface area contributed by atoms with Gasteiger partial charge in [-0.15, -0.1) is 24.2 Å². The van der Waals surface area contributed by atoms with Crippen molar-refractivity contribution in [1.29, 1.82) is 0 Å². The summed E-state index contributed by atoms with van der Waals surface area (Å²) in [5.41, 5.74) is 6.30. The van der Waals surface area contributed by atoms with E-state index in [2.05, 4.69) is 5.32 Å². The van der Waals surface area contributed by atoms with Crippen molar-refractivity contribution in [2.24, 2.45) is 5.73 Å². The van der Waals surface area contributed by atoms with E-state index in [1.54, 1.807) is 11.8 Å². The molecule has 1 aromatic carbocycles. The minimum Gasteiger partial charge on any atom is -0.330 e. The van der Waals surface area contributed by atoms with Crippen LogP contribution in [-0.2, 0) is 4.79 Å². The van der Waals surface area contributed by atoms with Crippen molar-refractivity contribution in [1.82, 2.24) is 0 Å². The van der Waals surface area contributed by atoms with Crippen LogP contribution in [0, 0.1) is 0 Å². The second-order valence-electron chi connectivity index (χ2n) is 4.23. The largest absolute Gasteiger partial charge is 0.330 e. The maximum atomic E-state index is 11.7. The molecule has 3 N–H and O–H groups in total. The third kappa shape index (κ3) is 8.14. The Kier molecular flexibility index (Phi) is 10.7. The van der Waals surface area contributed by atoms with Crippen LogP contribution >= 0.6 is 24.2 Å². The number of amides is 1. The van der Waals surface area contributed by atoms with Crippen LogP contribution in [0.2, 0.25) is 0 Å². The number of rotatable bonds is 8. The van der Waals surface area contributed by atoms with Gasteiger partial charge in [0.2, 0.25) is 5.91 Å². The molecule has 0 radical (unpaired) electrons. The van der Waals surface area contributed by atoms with E-state index in [9.17, 15) is 4.79 Å². The van der Waals surface area contributed by atoms with Gasteiger partial charge < -0.3 is 11.1 Å². The lowest BCUT2D eigenvalue weighted by Gasteiger charge is -2.06. The summed E-state index contributed by atoms with van der Waals surface area (Å²) in [6.45, 7) is 0.744. The quantitative estimate of drug-likeness (QED) is 0.569. The molecule has 0 atom stereocenters. The molecule has 0 fully saturated rings. The van der Waals surface area contributed by atoms with E-state index < -0.39 is 0 Å². The molecule has 3 nitrogen and oxygen atoms in total. The molecular formula is C14H23ClN2OS. The number of nitrogens with one attached hydrogen (secondary N) is 1. The average Bonchev–Trinajstić information content (AvgIpc) is 2.38. The number of carbonyl (C=O) groups is 1. The van der Waals surface area contributed by atoms with Gasteiger partial charge in [-0.05, 0) is 43.8 Å². The number of nitrogens with two attached hydrogens (primary N) is 1. The Bertz CT molecular complexity index is 374. The summed E-state index contributed by atoms with van der Waals surface area (Å²) in [6, 6.07) is 7.92. The van der Waals surface area contributed by atoms with E-state index in [0.29, 0.717) is 6.42 Å². The topological polar surface area (TPSA) is 55.1 Å². The Hall–Kier alpha value is -0.710. The zero-order valence-electron chi connectivity index (χ0n) is 11.4. The highest BCUT2D eigenvalue weighted by Gasteiger charge is 2.02. The average molecular weight is 303 g/mol. The predicted octanol–water partition coefficient (Wildman–Crippen LogP) is 3.68. The molecule has 0 unspecified atom stereocenters. The summed E-state index contributed by atoms with van der Waals surface area (Å²) in [4.78, 5) is 12.9. The van der Waals surface area contributed by atoms with Crippen molar-refractivity contribution in [2.45, 2.75) is 37.0 Å². The van der Waals surface area contributed by atoms with Crippen molar-refractivity contribution in [3.63, 3.8) is 0 Å². The molecule has 0 aliphatic heterocycles. The molecule has 1 amide bonds. The minimum absolute atomic E-state index is 0. The van der Waals surface area contributed by atoms with Crippen LogP contribution in [0.15, 0.2) is 29.2 Å². The minimum atomic E-state index is 0. The second kappa shape index (κ2) is 11.1. The SMILES string of the molecule is CSc1cccc(NC(=O)CCCCCCN)c1.Cl. The van der Waals surface area contributed by atoms with Crippen LogP contribution in [0.4, 0.5) is 5.69 Å². The first-order chi connectivity index (χ1) is 8.76. The number of hydrogen-bond acceptors (Lipinski definition) is 3. The molecule has 1 aromatic rings. The summed E-state index contributed by atoms with van der Waals surface area (Å²) in [7, 11) is 0. The highest BCUT2D eigenvalue weighted by molar-refractivity contribution is 7.98. The van der Waals surface area contributed by atoms with Crippen LogP contribution in [-0.4, -0.2) is 18.7 Å². The molecule has 0 heterocycles. The number of benzene rings is 1. The Morgan fingerprint density at radius 1 is 1.26 bits per heavy atom. The molecule has 0 saturated heterocycles. The van der Waals surface area contributed by atoms with Gasteiger partial charge in [-0.25, -0.2) is 0 Å². The normalized spacial score (nSPS) is 9.79. The van der Waals surface area contributed by atoms with Gasteiger partial charge >= 0.3 is 0 Å². The highest BCUT2D eigenvalue weighted by Crippen LogP contribution is 2.19. The molecule has 0 aliphatic carbocycles. The van der Waals surface area contributed by atoms with Crippen molar-refractivity contribution >= 4 is 35.8 Å². The van der Waals surface area contributed by atoms with E-state index in [0.717, 1.165) is 42.8 Å². The van der Waals surface area contributed by atoms with E-state index in [1.165, 1.54) is 0 Å². The smallest absolute Gasteiger partial charge is 0.224 e. The Morgan fingerprint density at radius 3 is 2.68 bits per heavy atom. The first kappa shape index (κ1) is 18.3. The van der Waals surface area contributed by atoms with Gasteiger partial charge in [0.25, 0.3) is 0 Å². The third-order valence-electron chi connectivity index (χ3n) is 2.71.